The van der Waals surface area contributed by atoms with Crippen LogP contribution in [0.1, 0.15) is 26.2 Å². The molecular weight excluding hydrogens is 192 g/mol. The molecule has 1 rings (SSSR count). The van der Waals surface area contributed by atoms with Crippen molar-refractivity contribution in [2.45, 2.75) is 32.2 Å². The highest BCUT2D eigenvalue weighted by Gasteiger charge is 2.25. The summed E-state index contributed by atoms with van der Waals surface area (Å²) in [6.45, 7) is 5.50. The maximum Gasteiger partial charge on any atom is 0.207 e. The van der Waals surface area contributed by atoms with Gasteiger partial charge in [-0.25, -0.2) is 0 Å². The smallest absolute Gasteiger partial charge is 0.207 e. The number of nitrogens with two attached hydrogens (primary N) is 1. The zero-order valence-corrected chi connectivity index (χ0v) is 9.24. The molecule has 1 amide bonds. The molecule has 0 aliphatic heterocycles. The normalized spacial score (nSPS) is 15.6. The highest BCUT2D eigenvalue weighted by Crippen LogP contribution is 2.33. The predicted octanol–water partition coefficient (Wildman–Crippen LogP) is 0.621. The van der Waals surface area contributed by atoms with E-state index in [1.807, 2.05) is 0 Å². The van der Waals surface area contributed by atoms with E-state index in [4.69, 9.17) is 5.73 Å². The second kappa shape index (κ2) is 8.17. The summed E-state index contributed by atoms with van der Waals surface area (Å²) >= 11 is 0. The van der Waals surface area contributed by atoms with Gasteiger partial charge in [0.2, 0.25) is 6.41 Å². The van der Waals surface area contributed by atoms with Gasteiger partial charge in [0.25, 0.3) is 0 Å². The molecule has 0 saturated heterocycles. The van der Waals surface area contributed by atoms with Crippen LogP contribution in [0, 0.1) is 5.92 Å². The first kappa shape index (κ1) is 13.8. The van der Waals surface area contributed by atoms with E-state index in [1.54, 1.807) is 13.0 Å². The monoisotopic (exact) mass is 212 g/mol. The average Bonchev–Trinajstić information content (AvgIpc) is 2.99. The molecule has 3 N–H and O–H groups in total. The third kappa shape index (κ3) is 9.15. The number of ketones is 1. The van der Waals surface area contributed by atoms with Crippen LogP contribution in [0.25, 0.3) is 0 Å². The molecule has 0 bridgehead atoms. The van der Waals surface area contributed by atoms with Gasteiger partial charge in [0, 0.05) is 6.54 Å². The van der Waals surface area contributed by atoms with Crippen LogP contribution in [0.2, 0.25) is 0 Å². The minimum Gasteiger partial charge on any atom is -0.355 e. The standard InChI is InChI=1S/C7H13NO.C4H7NO/c1-5(9)7(8)4-6-2-3-6;1-2-3-5-4-6/h6-7H,2-4,8H2,1H3;2,4H,1,3H2,(H,5,6). The number of rotatable bonds is 6. The van der Waals surface area contributed by atoms with Gasteiger partial charge in [-0.1, -0.05) is 18.9 Å². The molecule has 4 heteroatoms. The zero-order chi connectivity index (χ0) is 11.7. The van der Waals surface area contributed by atoms with E-state index in [-0.39, 0.29) is 11.8 Å². The summed E-state index contributed by atoms with van der Waals surface area (Å²) < 4.78 is 0. The van der Waals surface area contributed by atoms with Crippen molar-refractivity contribution < 1.29 is 9.59 Å². The van der Waals surface area contributed by atoms with Crippen molar-refractivity contribution in [1.82, 2.24) is 5.32 Å². The number of Topliss-reactive ketones (excluding diaryl/α,β-unsaturated/α-hetero) is 1. The molecule has 86 valence electrons. The first-order chi connectivity index (χ1) is 7.11. The van der Waals surface area contributed by atoms with Crippen LogP contribution in [0.5, 0.6) is 0 Å². The Kier molecular flexibility index (Phi) is 7.54. The van der Waals surface area contributed by atoms with Crippen molar-refractivity contribution >= 4 is 12.2 Å². The lowest BCUT2D eigenvalue weighted by Crippen LogP contribution is -2.28. The molecule has 1 unspecified atom stereocenters. The third-order valence-corrected chi connectivity index (χ3v) is 2.15. The Morgan fingerprint density at radius 1 is 1.67 bits per heavy atom. The highest BCUT2D eigenvalue weighted by molar-refractivity contribution is 5.81. The lowest BCUT2D eigenvalue weighted by Gasteiger charge is -2.03. The molecule has 0 heterocycles. The van der Waals surface area contributed by atoms with Crippen LogP contribution < -0.4 is 11.1 Å². The first-order valence-electron chi connectivity index (χ1n) is 5.15. The van der Waals surface area contributed by atoms with Crippen LogP contribution in [0.15, 0.2) is 12.7 Å². The lowest BCUT2D eigenvalue weighted by molar-refractivity contribution is -0.118. The summed E-state index contributed by atoms with van der Waals surface area (Å²) in [4.78, 5) is 20.0. The molecule has 1 aliphatic carbocycles. The lowest BCUT2D eigenvalue weighted by atomic mass is 10.1. The fraction of sp³-hybridized carbons (Fsp3) is 0.636. The molecule has 1 aliphatic rings. The topological polar surface area (TPSA) is 72.2 Å². The van der Waals surface area contributed by atoms with Crippen LogP contribution in [-0.4, -0.2) is 24.8 Å². The third-order valence-electron chi connectivity index (χ3n) is 2.15. The van der Waals surface area contributed by atoms with Crippen molar-refractivity contribution in [2.24, 2.45) is 11.7 Å². The quantitative estimate of drug-likeness (QED) is 0.385. The summed E-state index contributed by atoms with van der Waals surface area (Å²) in [5.41, 5.74) is 5.51. The molecule has 0 radical (unpaired) electrons. The van der Waals surface area contributed by atoms with Crippen molar-refractivity contribution in [3.05, 3.63) is 12.7 Å². The van der Waals surface area contributed by atoms with E-state index in [0.29, 0.717) is 13.0 Å². The summed E-state index contributed by atoms with van der Waals surface area (Å²) in [6, 6.07) is -0.183. The zero-order valence-electron chi connectivity index (χ0n) is 9.24. The van der Waals surface area contributed by atoms with E-state index in [9.17, 15) is 9.59 Å². The molecule has 4 nitrogen and oxygen atoms in total. The summed E-state index contributed by atoms with van der Waals surface area (Å²) in [5.74, 6) is 0.894. The van der Waals surface area contributed by atoms with E-state index < -0.39 is 0 Å². The number of carbonyl (C=O) groups is 2. The van der Waals surface area contributed by atoms with Gasteiger partial charge in [-0.15, -0.1) is 6.58 Å². The summed E-state index contributed by atoms with van der Waals surface area (Å²) in [6.07, 6.45) is 5.73. The molecule has 0 spiro atoms. The second-order valence-electron chi connectivity index (χ2n) is 3.71. The number of amides is 1. The minimum atomic E-state index is -0.183. The van der Waals surface area contributed by atoms with Crippen LogP contribution in [-0.2, 0) is 9.59 Å². The summed E-state index contributed by atoms with van der Waals surface area (Å²) in [5, 5.41) is 2.40. The minimum absolute atomic E-state index is 0.127. The van der Waals surface area contributed by atoms with E-state index >= 15 is 0 Å². The Hall–Kier alpha value is -1.16. The predicted molar refractivity (Wildman–Crippen MR) is 60.3 cm³/mol. The van der Waals surface area contributed by atoms with Gasteiger partial charge in [0.1, 0.15) is 5.78 Å². The largest absolute Gasteiger partial charge is 0.355 e. The van der Waals surface area contributed by atoms with Gasteiger partial charge >= 0.3 is 0 Å². The Bertz CT molecular complexity index is 205. The van der Waals surface area contributed by atoms with Crippen molar-refractivity contribution in [3.63, 3.8) is 0 Å². The number of hydrogen-bond donors (Lipinski definition) is 2. The SMILES string of the molecule is C=CCNC=O.CC(=O)C(N)CC1CC1. The molecular formula is C11H20N2O2. The van der Waals surface area contributed by atoms with E-state index in [1.165, 1.54) is 12.8 Å². The van der Waals surface area contributed by atoms with Crippen molar-refractivity contribution in [3.8, 4) is 0 Å². The fourth-order valence-corrected chi connectivity index (χ4v) is 1.01. The second-order valence-corrected chi connectivity index (χ2v) is 3.71. The van der Waals surface area contributed by atoms with Gasteiger partial charge in [0.15, 0.2) is 0 Å². The maximum absolute atomic E-state index is 10.6. The first-order valence-corrected chi connectivity index (χ1v) is 5.15. The van der Waals surface area contributed by atoms with Crippen molar-refractivity contribution in [2.75, 3.05) is 6.54 Å². The van der Waals surface area contributed by atoms with Gasteiger partial charge in [0.05, 0.1) is 6.04 Å². The highest BCUT2D eigenvalue weighted by atomic mass is 16.1. The molecule has 0 aromatic rings. The Morgan fingerprint density at radius 2 is 2.27 bits per heavy atom. The van der Waals surface area contributed by atoms with Crippen LogP contribution in [0.3, 0.4) is 0 Å². The van der Waals surface area contributed by atoms with Crippen LogP contribution >= 0.6 is 0 Å². The molecule has 1 saturated carbocycles. The Morgan fingerprint density at radius 3 is 2.53 bits per heavy atom. The molecule has 0 aromatic carbocycles. The average molecular weight is 212 g/mol. The van der Waals surface area contributed by atoms with Gasteiger partial charge in [-0.3, -0.25) is 9.59 Å². The summed E-state index contributed by atoms with van der Waals surface area (Å²) in [7, 11) is 0. The number of nitrogens with one attached hydrogen (secondary N) is 1. The van der Waals surface area contributed by atoms with Gasteiger partial charge in [-0.2, -0.15) is 0 Å². The van der Waals surface area contributed by atoms with E-state index in [0.717, 1.165) is 12.3 Å². The number of hydrogen-bond acceptors (Lipinski definition) is 3. The van der Waals surface area contributed by atoms with Crippen LogP contribution in [0.4, 0.5) is 0 Å². The maximum atomic E-state index is 10.6. The Labute approximate surface area is 90.9 Å². The van der Waals surface area contributed by atoms with Crippen molar-refractivity contribution in [1.29, 1.82) is 0 Å². The van der Waals surface area contributed by atoms with Gasteiger partial charge < -0.3 is 11.1 Å². The molecule has 15 heavy (non-hydrogen) atoms. The van der Waals surface area contributed by atoms with Gasteiger partial charge in [-0.05, 0) is 19.3 Å². The fourth-order valence-electron chi connectivity index (χ4n) is 1.01. The number of carbonyl (C=O) groups excluding carboxylic acids is 2. The molecule has 0 aromatic heterocycles. The molecule has 1 atom stereocenters. The Balaban J connectivity index is 0.000000288. The molecule has 1 fully saturated rings. The van der Waals surface area contributed by atoms with E-state index in [2.05, 4.69) is 11.9 Å².